The molecule has 0 aromatic rings. The van der Waals surface area contributed by atoms with Crippen LogP contribution in [0.15, 0.2) is 0 Å². The van der Waals surface area contributed by atoms with Crippen LogP contribution in [-0.4, -0.2) is 44.7 Å². The quantitative estimate of drug-likeness (QED) is 0.804. The van der Waals surface area contributed by atoms with E-state index in [9.17, 15) is 8.42 Å². The zero-order valence-electron chi connectivity index (χ0n) is 10.8. The normalized spacial score (nSPS) is 18.1. The van der Waals surface area contributed by atoms with Gasteiger partial charge in [-0.15, -0.1) is 12.4 Å². The summed E-state index contributed by atoms with van der Waals surface area (Å²) in [5.74, 6) is 0.908. The standard InChI is InChI=1S/C11H24N2O2S.ClH/c1-3-13(4-2)16(14,15)10-7-11-5-8-12-9-6-11;/h11-12H,3-10H2,1-2H3;1H. The summed E-state index contributed by atoms with van der Waals surface area (Å²) in [5.41, 5.74) is 0. The second kappa shape index (κ2) is 8.29. The van der Waals surface area contributed by atoms with Crippen molar-refractivity contribution < 1.29 is 8.42 Å². The summed E-state index contributed by atoms with van der Waals surface area (Å²) in [6.45, 7) is 7.04. The minimum atomic E-state index is -3.01. The monoisotopic (exact) mass is 284 g/mol. The first kappa shape index (κ1) is 17.2. The summed E-state index contributed by atoms with van der Waals surface area (Å²) in [5, 5.41) is 3.30. The van der Waals surface area contributed by atoms with E-state index in [4.69, 9.17) is 0 Å². The number of nitrogens with one attached hydrogen (secondary N) is 1. The lowest BCUT2D eigenvalue weighted by atomic mass is 9.96. The molecular formula is C11H25ClN2O2S. The third-order valence-corrected chi connectivity index (χ3v) is 5.40. The second-order valence-electron chi connectivity index (χ2n) is 4.38. The van der Waals surface area contributed by atoms with Gasteiger partial charge in [-0.3, -0.25) is 0 Å². The van der Waals surface area contributed by atoms with Gasteiger partial charge in [0.25, 0.3) is 0 Å². The van der Waals surface area contributed by atoms with E-state index in [0.717, 1.165) is 32.4 Å². The Kier molecular flexibility index (Phi) is 8.37. The maximum Gasteiger partial charge on any atom is 0.214 e. The third-order valence-electron chi connectivity index (χ3n) is 3.34. The highest BCUT2D eigenvalue weighted by Gasteiger charge is 2.21. The van der Waals surface area contributed by atoms with Gasteiger partial charge in [0.15, 0.2) is 0 Å². The zero-order valence-corrected chi connectivity index (χ0v) is 12.4. The van der Waals surface area contributed by atoms with E-state index < -0.39 is 10.0 Å². The second-order valence-corrected chi connectivity index (χ2v) is 6.47. The molecule has 0 atom stereocenters. The van der Waals surface area contributed by atoms with Gasteiger partial charge in [-0.1, -0.05) is 13.8 Å². The Morgan fingerprint density at radius 3 is 2.18 bits per heavy atom. The van der Waals surface area contributed by atoms with Crippen molar-refractivity contribution in [2.45, 2.75) is 33.1 Å². The molecule has 1 aliphatic rings. The highest BCUT2D eigenvalue weighted by Crippen LogP contribution is 2.17. The van der Waals surface area contributed by atoms with Gasteiger partial charge in [0.2, 0.25) is 10.0 Å². The van der Waals surface area contributed by atoms with Crippen LogP contribution in [0.3, 0.4) is 0 Å². The number of piperidine rings is 1. The Hall–Kier alpha value is 0.160. The molecule has 1 N–H and O–H groups in total. The molecule has 0 amide bonds. The van der Waals surface area contributed by atoms with Crippen molar-refractivity contribution in [3.05, 3.63) is 0 Å². The molecule has 1 aliphatic heterocycles. The van der Waals surface area contributed by atoms with Crippen molar-refractivity contribution in [1.29, 1.82) is 0 Å². The minimum Gasteiger partial charge on any atom is -0.317 e. The lowest BCUT2D eigenvalue weighted by molar-refractivity contribution is 0.361. The molecule has 17 heavy (non-hydrogen) atoms. The van der Waals surface area contributed by atoms with Crippen molar-refractivity contribution in [2.24, 2.45) is 5.92 Å². The topological polar surface area (TPSA) is 49.4 Å². The summed E-state index contributed by atoms with van der Waals surface area (Å²) in [7, 11) is -3.01. The molecule has 1 rings (SSSR count). The first-order chi connectivity index (χ1) is 7.60. The average Bonchev–Trinajstić information content (AvgIpc) is 2.29. The van der Waals surface area contributed by atoms with Gasteiger partial charge in [0, 0.05) is 13.1 Å². The zero-order chi connectivity index (χ0) is 12.0. The predicted molar refractivity (Wildman–Crippen MR) is 74.2 cm³/mol. The maximum absolute atomic E-state index is 11.9. The van der Waals surface area contributed by atoms with E-state index in [0.29, 0.717) is 24.8 Å². The molecule has 0 radical (unpaired) electrons. The molecule has 0 aliphatic carbocycles. The van der Waals surface area contributed by atoms with Crippen LogP contribution in [0.25, 0.3) is 0 Å². The van der Waals surface area contributed by atoms with Crippen LogP contribution in [0.1, 0.15) is 33.1 Å². The van der Waals surface area contributed by atoms with Crippen molar-refractivity contribution in [3.63, 3.8) is 0 Å². The highest BCUT2D eigenvalue weighted by molar-refractivity contribution is 7.89. The van der Waals surface area contributed by atoms with E-state index >= 15 is 0 Å². The van der Waals surface area contributed by atoms with Crippen molar-refractivity contribution in [1.82, 2.24) is 9.62 Å². The number of hydrogen-bond donors (Lipinski definition) is 1. The summed E-state index contributed by atoms with van der Waals surface area (Å²) in [6.07, 6.45) is 3.06. The lowest BCUT2D eigenvalue weighted by Crippen LogP contribution is -2.34. The number of halogens is 1. The Balaban J connectivity index is 0.00000256. The molecule has 0 aromatic carbocycles. The van der Waals surface area contributed by atoms with Gasteiger partial charge in [-0.25, -0.2) is 12.7 Å². The number of rotatable bonds is 6. The average molecular weight is 285 g/mol. The Bertz CT molecular complexity index is 286. The fourth-order valence-electron chi connectivity index (χ4n) is 2.23. The smallest absolute Gasteiger partial charge is 0.214 e. The van der Waals surface area contributed by atoms with Crippen LogP contribution in [-0.2, 0) is 10.0 Å². The van der Waals surface area contributed by atoms with E-state index in [1.807, 2.05) is 13.8 Å². The summed E-state index contributed by atoms with van der Waals surface area (Å²) >= 11 is 0. The van der Waals surface area contributed by atoms with Crippen molar-refractivity contribution in [3.8, 4) is 0 Å². The fourth-order valence-corrected chi connectivity index (χ4v) is 3.91. The Labute approximate surface area is 112 Å². The number of nitrogens with zero attached hydrogens (tertiary/aromatic N) is 1. The largest absolute Gasteiger partial charge is 0.317 e. The van der Waals surface area contributed by atoms with Crippen molar-refractivity contribution >= 4 is 22.4 Å². The number of sulfonamides is 1. The van der Waals surface area contributed by atoms with Gasteiger partial charge in [-0.05, 0) is 38.3 Å². The van der Waals surface area contributed by atoms with Crippen LogP contribution >= 0.6 is 12.4 Å². The molecule has 104 valence electrons. The van der Waals surface area contributed by atoms with Crippen LogP contribution in [0.2, 0.25) is 0 Å². The van der Waals surface area contributed by atoms with E-state index in [1.54, 1.807) is 4.31 Å². The summed E-state index contributed by atoms with van der Waals surface area (Å²) < 4.78 is 25.5. The molecule has 0 unspecified atom stereocenters. The van der Waals surface area contributed by atoms with E-state index in [-0.39, 0.29) is 12.4 Å². The van der Waals surface area contributed by atoms with E-state index in [2.05, 4.69) is 5.32 Å². The SMILES string of the molecule is CCN(CC)S(=O)(=O)CCC1CCNCC1.Cl. The van der Waals surface area contributed by atoms with Crippen molar-refractivity contribution in [2.75, 3.05) is 31.9 Å². The minimum absolute atomic E-state index is 0. The molecular weight excluding hydrogens is 260 g/mol. The van der Waals surface area contributed by atoms with Crippen LogP contribution < -0.4 is 5.32 Å². The molecule has 0 spiro atoms. The predicted octanol–water partition coefficient (Wildman–Crippen LogP) is 1.47. The van der Waals surface area contributed by atoms with E-state index in [1.165, 1.54) is 0 Å². The number of hydrogen-bond acceptors (Lipinski definition) is 3. The third kappa shape index (κ3) is 5.55. The molecule has 6 heteroatoms. The molecule has 0 aromatic heterocycles. The van der Waals surface area contributed by atoms with Gasteiger partial charge in [0.1, 0.15) is 0 Å². The lowest BCUT2D eigenvalue weighted by Gasteiger charge is -2.24. The maximum atomic E-state index is 11.9. The van der Waals surface area contributed by atoms with Gasteiger partial charge in [0.05, 0.1) is 5.75 Å². The molecule has 1 saturated heterocycles. The Morgan fingerprint density at radius 1 is 1.18 bits per heavy atom. The van der Waals surface area contributed by atoms with Crippen LogP contribution in [0, 0.1) is 5.92 Å². The van der Waals surface area contributed by atoms with Gasteiger partial charge >= 0.3 is 0 Å². The molecule has 1 fully saturated rings. The highest BCUT2D eigenvalue weighted by atomic mass is 35.5. The fraction of sp³-hybridized carbons (Fsp3) is 1.00. The Morgan fingerprint density at radius 2 is 1.71 bits per heavy atom. The molecule has 4 nitrogen and oxygen atoms in total. The summed E-state index contributed by atoms with van der Waals surface area (Å²) in [4.78, 5) is 0. The van der Waals surface area contributed by atoms with Gasteiger partial charge < -0.3 is 5.32 Å². The summed E-state index contributed by atoms with van der Waals surface area (Å²) in [6, 6.07) is 0. The first-order valence-corrected chi connectivity index (χ1v) is 7.89. The molecule has 0 saturated carbocycles. The molecule has 0 bridgehead atoms. The van der Waals surface area contributed by atoms with Crippen LogP contribution in [0.4, 0.5) is 0 Å². The van der Waals surface area contributed by atoms with Gasteiger partial charge in [-0.2, -0.15) is 0 Å². The van der Waals surface area contributed by atoms with Crippen LogP contribution in [0.5, 0.6) is 0 Å². The first-order valence-electron chi connectivity index (χ1n) is 6.28. The molecule has 1 heterocycles.